The Balaban J connectivity index is 1.44. The van der Waals surface area contributed by atoms with Crippen molar-refractivity contribution < 1.29 is 4.79 Å². The van der Waals surface area contributed by atoms with Gasteiger partial charge < -0.3 is 9.47 Å². The number of hydrogen-bond acceptors (Lipinski definition) is 4. The largest absolute Gasteiger partial charge is 0.337 e. The van der Waals surface area contributed by atoms with E-state index in [1.807, 2.05) is 34.7 Å². The minimum absolute atomic E-state index is 0.141. The lowest BCUT2D eigenvalue weighted by Gasteiger charge is -2.39. The predicted molar refractivity (Wildman–Crippen MR) is 103 cm³/mol. The summed E-state index contributed by atoms with van der Waals surface area (Å²) in [6.07, 6.45) is 2.86. The van der Waals surface area contributed by atoms with Crippen molar-refractivity contribution >= 4 is 16.9 Å². The summed E-state index contributed by atoms with van der Waals surface area (Å²) in [6, 6.07) is 6.95. The first-order valence-corrected chi connectivity index (χ1v) is 9.72. The fourth-order valence-electron chi connectivity index (χ4n) is 4.40. The number of nitrogens with zero attached hydrogens (tertiary/aromatic N) is 5. The van der Waals surface area contributed by atoms with Gasteiger partial charge in [0, 0.05) is 58.4 Å². The van der Waals surface area contributed by atoms with Gasteiger partial charge in [-0.2, -0.15) is 0 Å². The number of hydrogen-bond donors (Lipinski definition) is 0. The molecule has 0 radical (unpaired) electrons. The standard InChI is InChI=1S/C20H29N5O/c1-15(2)23-9-11-24(12-10-23)16-7-8-25(13-16)20(26)17-5-4-6-18-19(17)22(3)14-21-18/h4-6,14-16H,7-13H2,1-3H3. The highest BCUT2D eigenvalue weighted by Crippen LogP contribution is 2.23. The summed E-state index contributed by atoms with van der Waals surface area (Å²) in [5.41, 5.74) is 2.60. The van der Waals surface area contributed by atoms with E-state index >= 15 is 0 Å². The molecule has 1 unspecified atom stereocenters. The lowest BCUT2D eigenvalue weighted by atomic mass is 10.1. The number of aryl methyl sites for hydroxylation is 1. The molecule has 2 aliphatic rings. The van der Waals surface area contributed by atoms with E-state index < -0.39 is 0 Å². The Morgan fingerprint density at radius 2 is 1.92 bits per heavy atom. The van der Waals surface area contributed by atoms with Crippen molar-refractivity contribution in [2.24, 2.45) is 7.05 Å². The van der Waals surface area contributed by atoms with E-state index in [0.717, 1.165) is 62.3 Å². The third-order valence-electron chi connectivity index (χ3n) is 6.01. The van der Waals surface area contributed by atoms with Crippen LogP contribution in [-0.2, 0) is 7.05 Å². The van der Waals surface area contributed by atoms with E-state index in [1.54, 1.807) is 6.33 Å². The second-order valence-electron chi connectivity index (χ2n) is 7.89. The Hall–Kier alpha value is -1.92. The number of piperazine rings is 1. The molecule has 1 aromatic carbocycles. The van der Waals surface area contributed by atoms with Crippen LogP contribution in [0.4, 0.5) is 0 Å². The Labute approximate surface area is 155 Å². The van der Waals surface area contributed by atoms with Crippen LogP contribution in [0.1, 0.15) is 30.6 Å². The van der Waals surface area contributed by atoms with Gasteiger partial charge in [-0.15, -0.1) is 0 Å². The van der Waals surface area contributed by atoms with E-state index in [4.69, 9.17) is 0 Å². The molecule has 3 heterocycles. The first-order valence-electron chi connectivity index (χ1n) is 9.72. The van der Waals surface area contributed by atoms with Gasteiger partial charge in [0.25, 0.3) is 5.91 Å². The molecular formula is C20H29N5O. The van der Waals surface area contributed by atoms with Gasteiger partial charge in [0.1, 0.15) is 0 Å². The van der Waals surface area contributed by atoms with Gasteiger partial charge in [-0.05, 0) is 32.4 Å². The fourth-order valence-corrected chi connectivity index (χ4v) is 4.40. The molecule has 1 atom stereocenters. The number of carbonyl (C=O) groups is 1. The second-order valence-corrected chi connectivity index (χ2v) is 7.89. The zero-order valence-electron chi connectivity index (χ0n) is 16.1. The minimum atomic E-state index is 0.141. The Bertz CT molecular complexity index is 791. The summed E-state index contributed by atoms with van der Waals surface area (Å²) < 4.78 is 1.95. The number of imidazole rings is 1. The molecule has 6 nitrogen and oxygen atoms in total. The molecule has 0 bridgehead atoms. The van der Waals surface area contributed by atoms with Crippen molar-refractivity contribution in [2.45, 2.75) is 32.4 Å². The smallest absolute Gasteiger partial charge is 0.256 e. The van der Waals surface area contributed by atoms with Crippen LogP contribution in [0.2, 0.25) is 0 Å². The molecule has 4 rings (SSSR count). The van der Waals surface area contributed by atoms with E-state index in [1.165, 1.54) is 0 Å². The van der Waals surface area contributed by atoms with Gasteiger partial charge >= 0.3 is 0 Å². The Morgan fingerprint density at radius 3 is 2.65 bits per heavy atom. The van der Waals surface area contributed by atoms with Crippen LogP contribution >= 0.6 is 0 Å². The highest BCUT2D eigenvalue weighted by Gasteiger charge is 2.33. The number of carbonyl (C=O) groups excluding carboxylic acids is 1. The third kappa shape index (κ3) is 3.12. The average molecular weight is 355 g/mol. The normalized spacial score (nSPS) is 22.6. The number of amides is 1. The van der Waals surface area contributed by atoms with Gasteiger partial charge in [-0.3, -0.25) is 14.6 Å². The zero-order valence-corrected chi connectivity index (χ0v) is 16.1. The maximum Gasteiger partial charge on any atom is 0.256 e. The Kier molecular flexibility index (Phi) is 4.71. The van der Waals surface area contributed by atoms with Crippen LogP contribution < -0.4 is 0 Å². The van der Waals surface area contributed by atoms with Gasteiger partial charge in [0.2, 0.25) is 0 Å². The summed E-state index contributed by atoms with van der Waals surface area (Å²) in [5, 5.41) is 0. The fraction of sp³-hybridized carbons (Fsp3) is 0.600. The van der Waals surface area contributed by atoms with Gasteiger partial charge in [0.05, 0.1) is 22.9 Å². The molecule has 2 saturated heterocycles. The van der Waals surface area contributed by atoms with E-state index in [2.05, 4.69) is 28.6 Å². The van der Waals surface area contributed by atoms with Gasteiger partial charge in [-0.1, -0.05) is 6.07 Å². The van der Waals surface area contributed by atoms with Crippen molar-refractivity contribution in [2.75, 3.05) is 39.3 Å². The van der Waals surface area contributed by atoms with Crippen molar-refractivity contribution in [1.29, 1.82) is 0 Å². The van der Waals surface area contributed by atoms with Gasteiger partial charge in [0.15, 0.2) is 0 Å². The molecule has 140 valence electrons. The molecule has 2 aromatic rings. The van der Waals surface area contributed by atoms with E-state index in [-0.39, 0.29) is 5.91 Å². The molecule has 1 aromatic heterocycles. The molecular weight excluding hydrogens is 326 g/mol. The van der Waals surface area contributed by atoms with E-state index in [9.17, 15) is 4.79 Å². The maximum atomic E-state index is 13.1. The number of rotatable bonds is 3. The lowest BCUT2D eigenvalue weighted by molar-refractivity contribution is 0.0700. The lowest BCUT2D eigenvalue weighted by Crippen LogP contribution is -2.52. The first kappa shape index (κ1) is 17.5. The quantitative estimate of drug-likeness (QED) is 0.842. The van der Waals surface area contributed by atoms with Gasteiger partial charge in [-0.25, -0.2) is 4.98 Å². The topological polar surface area (TPSA) is 44.6 Å². The van der Waals surface area contributed by atoms with Crippen LogP contribution in [0.25, 0.3) is 11.0 Å². The molecule has 1 amide bonds. The molecule has 0 spiro atoms. The summed E-state index contributed by atoms with van der Waals surface area (Å²) in [6.45, 7) is 10.7. The van der Waals surface area contributed by atoms with Crippen LogP contribution in [0.15, 0.2) is 24.5 Å². The van der Waals surface area contributed by atoms with E-state index in [0.29, 0.717) is 12.1 Å². The molecule has 26 heavy (non-hydrogen) atoms. The van der Waals surface area contributed by atoms with Crippen molar-refractivity contribution in [3.05, 3.63) is 30.1 Å². The number of aromatic nitrogens is 2. The van der Waals surface area contributed by atoms with Crippen molar-refractivity contribution in [3.8, 4) is 0 Å². The summed E-state index contributed by atoms with van der Waals surface area (Å²) in [5.74, 6) is 0.141. The average Bonchev–Trinajstić information content (AvgIpc) is 3.29. The number of fused-ring (bicyclic) bond motifs is 1. The van der Waals surface area contributed by atoms with Crippen LogP contribution in [0, 0.1) is 0 Å². The molecule has 2 fully saturated rings. The monoisotopic (exact) mass is 355 g/mol. The first-order chi connectivity index (χ1) is 12.5. The van der Waals surface area contributed by atoms with Crippen molar-refractivity contribution in [3.63, 3.8) is 0 Å². The van der Waals surface area contributed by atoms with Crippen LogP contribution in [-0.4, -0.2) is 81.5 Å². The summed E-state index contributed by atoms with van der Waals surface area (Å²) in [4.78, 5) is 24.7. The Morgan fingerprint density at radius 1 is 1.15 bits per heavy atom. The zero-order chi connectivity index (χ0) is 18.3. The highest BCUT2D eigenvalue weighted by atomic mass is 16.2. The number of likely N-dealkylation sites (tertiary alicyclic amines) is 1. The molecule has 0 N–H and O–H groups in total. The molecule has 2 aliphatic heterocycles. The number of para-hydroxylation sites is 1. The van der Waals surface area contributed by atoms with Crippen LogP contribution in [0.5, 0.6) is 0 Å². The predicted octanol–water partition coefficient (Wildman–Crippen LogP) is 1.81. The highest BCUT2D eigenvalue weighted by molar-refractivity contribution is 6.05. The molecule has 0 saturated carbocycles. The SMILES string of the molecule is CC(C)N1CCN(C2CCN(C(=O)c3cccc4ncn(C)c34)C2)CC1. The second kappa shape index (κ2) is 7.00. The summed E-state index contributed by atoms with van der Waals surface area (Å²) in [7, 11) is 1.95. The molecule has 0 aliphatic carbocycles. The number of benzene rings is 1. The maximum absolute atomic E-state index is 13.1. The summed E-state index contributed by atoms with van der Waals surface area (Å²) >= 11 is 0. The van der Waals surface area contributed by atoms with Crippen molar-refractivity contribution in [1.82, 2.24) is 24.3 Å². The van der Waals surface area contributed by atoms with Crippen LogP contribution in [0.3, 0.4) is 0 Å². The minimum Gasteiger partial charge on any atom is -0.337 e. The molecule has 6 heteroatoms. The third-order valence-corrected chi connectivity index (χ3v) is 6.01.